The summed E-state index contributed by atoms with van der Waals surface area (Å²) in [6, 6.07) is 9.27. The maximum absolute atomic E-state index is 9.97. The van der Waals surface area contributed by atoms with Crippen LogP contribution in [0.2, 0.25) is 0 Å². The second-order valence-electron chi connectivity index (χ2n) is 4.69. The van der Waals surface area contributed by atoms with Crippen LogP contribution in [0.3, 0.4) is 0 Å². The SMILES string of the molecule is OC[C@H]1O[C@@H]2O[C@@H](c3ccccc3)O[C@@H]2[C@@H](O)[C@H]1O. The van der Waals surface area contributed by atoms with Gasteiger partial charge in [-0.1, -0.05) is 30.3 Å². The molecule has 19 heavy (non-hydrogen) atoms. The quantitative estimate of drug-likeness (QED) is 0.672. The fourth-order valence-corrected chi connectivity index (χ4v) is 2.37. The largest absolute Gasteiger partial charge is 0.394 e. The molecule has 2 aliphatic rings. The molecule has 2 aliphatic heterocycles. The van der Waals surface area contributed by atoms with Crippen LogP contribution in [-0.2, 0) is 14.2 Å². The van der Waals surface area contributed by atoms with E-state index in [-0.39, 0.29) is 6.61 Å². The molecule has 6 nitrogen and oxygen atoms in total. The number of benzene rings is 1. The van der Waals surface area contributed by atoms with Crippen molar-refractivity contribution in [2.45, 2.75) is 37.0 Å². The normalized spacial score (nSPS) is 42.1. The number of aliphatic hydroxyl groups is 3. The smallest absolute Gasteiger partial charge is 0.190 e. The van der Waals surface area contributed by atoms with Gasteiger partial charge in [-0.3, -0.25) is 0 Å². The Hall–Kier alpha value is -1.02. The number of hydrogen-bond acceptors (Lipinski definition) is 6. The molecular formula is C13H16O6. The van der Waals surface area contributed by atoms with Crippen LogP contribution in [0, 0.1) is 0 Å². The van der Waals surface area contributed by atoms with Gasteiger partial charge in [-0.05, 0) is 0 Å². The highest BCUT2D eigenvalue weighted by Crippen LogP contribution is 2.37. The standard InChI is InChI=1S/C13H16O6/c14-6-8-9(15)10(16)11-13(17-8)19-12(18-11)7-4-2-1-3-5-7/h1-5,8-16H,6H2/t8-,9+,10+,11-,12+,13-/m1/s1. The van der Waals surface area contributed by atoms with Crippen molar-refractivity contribution in [1.82, 2.24) is 0 Å². The molecule has 104 valence electrons. The minimum Gasteiger partial charge on any atom is -0.394 e. The van der Waals surface area contributed by atoms with Gasteiger partial charge in [0.1, 0.15) is 24.4 Å². The maximum atomic E-state index is 9.97. The Morgan fingerprint density at radius 1 is 0.947 bits per heavy atom. The van der Waals surface area contributed by atoms with Crippen LogP contribution in [0.15, 0.2) is 30.3 Å². The minimum atomic E-state index is -1.19. The average Bonchev–Trinajstić information content (AvgIpc) is 2.88. The van der Waals surface area contributed by atoms with Crippen molar-refractivity contribution in [3.8, 4) is 0 Å². The summed E-state index contributed by atoms with van der Waals surface area (Å²) in [6.07, 6.45) is -5.40. The average molecular weight is 268 g/mol. The first kappa shape index (κ1) is 13.0. The highest BCUT2D eigenvalue weighted by molar-refractivity contribution is 5.17. The molecule has 1 aromatic carbocycles. The van der Waals surface area contributed by atoms with E-state index in [0.29, 0.717) is 0 Å². The van der Waals surface area contributed by atoms with Crippen LogP contribution in [0.4, 0.5) is 0 Å². The molecule has 0 saturated carbocycles. The lowest BCUT2D eigenvalue weighted by atomic mass is 9.99. The number of hydrogen-bond donors (Lipinski definition) is 3. The predicted octanol–water partition coefficient (Wildman–Crippen LogP) is -0.460. The van der Waals surface area contributed by atoms with Gasteiger partial charge in [-0.15, -0.1) is 0 Å². The fourth-order valence-electron chi connectivity index (χ4n) is 2.37. The molecule has 0 bridgehead atoms. The molecule has 0 spiro atoms. The highest BCUT2D eigenvalue weighted by atomic mass is 16.8. The summed E-state index contributed by atoms with van der Waals surface area (Å²) in [7, 11) is 0. The fraction of sp³-hybridized carbons (Fsp3) is 0.538. The van der Waals surface area contributed by atoms with Crippen LogP contribution in [0.5, 0.6) is 0 Å². The van der Waals surface area contributed by atoms with Crippen LogP contribution in [-0.4, -0.2) is 52.6 Å². The Bertz CT molecular complexity index is 424. The van der Waals surface area contributed by atoms with Crippen LogP contribution < -0.4 is 0 Å². The summed E-state index contributed by atoms with van der Waals surface area (Å²) < 4.78 is 16.6. The monoisotopic (exact) mass is 268 g/mol. The lowest BCUT2D eigenvalue weighted by Crippen LogP contribution is -2.57. The molecule has 6 atom stereocenters. The van der Waals surface area contributed by atoms with Crippen molar-refractivity contribution < 1.29 is 29.5 Å². The van der Waals surface area contributed by atoms with E-state index >= 15 is 0 Å². The third-order valence-electron chi connectivity index (χ3n) is 3.43. The molecule has 2 heterocycles. The summed E-state index contributed by atoms with van der Waals surface area (Å²) in [5, 5.41) is 28.8. The lowest BCUT2D eigenvalue weighted by molar-refractivity contribution is -0.253. The maximum Gasteiger partial charge on any atom is 0.190 e. The first-order chi connectivity index (χ1) is 9.20. The molecule has 3 rings (SSSR count). The zero-order valence-electron chi connectivity index (χ0n) is 10.1. The molecule has 3 N–H and O–H groups in total. The van der Waals surface area contributed by atoms with Gasteiger partial charge in [0.15, 0.2) is 12.6 Å². The Kier molecular flexibility index (Phi) is 3.53. The first-order valence-corrected chi connectivity index (χ1v) is 6.19. The Morgan fingerprint density at radius 3 is 2.37 bits per heavy atom. The molecular weight excluding hydrogens is 252 g/mol. The molecule has 0 aromatic heterocycles. The Labute approximate surface area is 110 Å². The van der Waals surface area contributed by atoms with E-state index in [1.807, 2.05) is 30.3 Å². The van der Waals surface area contributed by atoms with Crippen LogP contribution in [0.25, 0.3) is 0 Å². The number of ether oxygens (including phenoxy) is 3. The van der Waals surface area contributed by atoms with E-state index in [2.05, 4.69) is 0 Å². The van der Waals surface area contributed by atoms with Crippen molar-refractivity contribution in [2.75, 3.05) is 6.61 Å². The Morgan fingerprint density at radius 2 is 1.68 bits per heavy atom. The third kappa shape index (κ3) is 2.27. The lowest BCUT2D eigenvalue weighted by Gasteiger charge is -2.36. The van der Waals surface area contributed by atoms with Gasteiger partial charge in [0.2, 0.25) is 0 Å². The molecule has 2 saturated heterocycles. The van der Waals surface area contributed by atoms with Crippen molar-refractivity contribution in [3.63, 3.8) is 0 Å². The first-order valence-electron chi connectivity index (χ1n) is 6.19. The van der Waals surface area contributed by atoms with Gasteiger partial charge >= 0.3 is 0 Å². The van der Waals surface area contributed by atoms with E-state index in [0.717, 1.165) is 5.56 Å². The summed E-state index contributed by atoms with van der Waals surface area (Å²) in [4.78, 5) is 0. The third-order valence-corrected chi connectivity index (χ3v) is 3.43. The summed E-state index contributed by atoms with van der Waals surface area (Å²) in [5.74, 6) is 0. The van der Waals surface area contributed by atoms with Gasteiger partial charge in [0.25, 0.3) is 0 Å². The number of fused-ring (bicyclic) bond motifs is 1. The van der Waals surface area contributed by atoms with E-state index in [9.17, 15) is 10.2 Å². The van der Waals surface area contributed by atoms with Gasteiger partial charge in [0.05, 0.1) is 6.61 Å². The van der Waals surface area contributed by atoms with E-state index in [1.165, 1.54) is 0 Å². The van der Waals surface area contributed by atoms with Gasteiger partial charge in [-0.2, -0.15) is 0 Å². The molecule has 1 aromatic rings. The molecule has 0 amide bonds. The number of rotatable bonds is 2. The summed E-state index contributed by atoms with van der Waals surface area (Å²) in [5.41, 5.74) is 0.808. The van der Waals surface area contributed by atoms with Crippen LogP contribution >= 0.6 is 0 Å². The van der Waals surface area contributed by atoms with Gasteiger partial charge < -0.3 is 29.5 Å². The topological polar surface area (TPSA) is 88.4 Å². The zero-order chi connectivity index (χ0) is 13.4. The van der Waals surface area contributed by atoms with Crippen LogP contribution in [0.1, 0.15) is 11.9 Å². The second kappa shape index (κ2) is 5.16. The molecule has 0 unspecified atom stereocenters. The van der Waals surface area contributed by atoms with Crippen molar-refractivity contribution in [2.24, 2.45) is 0 Å². The van der Waals surface area contributed by atoms with Crippen molar-refractivity contribution in [3.05, 3.63) is 35.9 Å². The van der Waals surface area contributed by atoms with E-state index < -0.39 is 37.0 Å². The predicted molar refractivity (Wildman–Crippen MR) is 62.9 cm³/mol. The summed E-state index contributed by atoms with van der Waals surface area (Å²) >= 11 is 0. The minimum absolute atomic E-state index is 0.388. The number of aliphatic hydroxyl groups excluding tert-OH is 3. The summed E-state index contributed by atoms with van der Waals surface area (Å²) in [6.45, 7) is -0.388. The van der Waals surface area contributed by atoms with E-state index in [4.69, 9.17) is 19.3 Å². The van der Waals surface area contributed by atoms with Gasteiger partial charge in [-0.25, -0.2) is 0 Å². The molecule has 6 heteroatoms. The molecule has 0 radical (unpaired) electrons. The Balaban J connectivity index is 1.77. The second-order valence-corrected chi connectivity index (χ2v) is 4.69. The highest BCUT2D eigenvalue weighted by Gasteiger charge is 2.51. The zero-order valence-corrected chi connectivity index (χ0v) is 10.1. The molecule has 2 fully saturated rings. The van der Waals surface area contributed by atoms with Gasteiger partial charge in [0, 0.05) is 5.56 Å². The molecule has 0 aliphatic carbocycles. The van der Waals surface area contributed by atoms with E-state index in [1.54, 1.807) is 0 Å². The van der Waals surface area contributed by atoms with Crippen molar-refractivity contribution in [1.29, 1.82) is 0 Å². The van der Waals surface area contributed by atoms with Crippen molar-refractivity contribution >= 4 is 0 Å².